The van der Waals surface area contributed by atoms with Crippen molar-refractivity contribution < 1.29 is 13.7 Å². The van der Waals surface area contributed by atoms with Gasteiger partial charge in [-0.1, -0.05) is 35.0 Å². The molecular formula is C18H17ClFN3O2. The van der Waals surface area contributed by atoms with Crippen molar-refractivity contribution in [3.05, 3.63) is 64.8 Å². The standard InChI is InChI=1S/C18H17ClFN3O2/c1-23(10-14-15(19)7-4-8-16(14)20)11-17-21-18(22-25-17)12-5-3-6-13(9-12)24-2/h3-9H,10-11H2,1-2H3. The summed E-state index contributed by atoms with van der Waals surface area (Å²) in [6, 6.07) is 12.0. The average Bonchev–Trinajstić information content (AvgIpc) is 3.07. The predicted molar refractivity (Wildman–Crippen MR) is 92.9 cm³/mol. The molecule has 130 valence electrons. The summed E-state index contributed by atoms with van der Waals surface area (Å²) < 4.78 is 24.4. The highest BCUT2D eigenvalue weighted by molar-refractivity contribution is 6.31. The van der Waals surface area contributed by atoms with Gasteiger partial charge in [0, 0.05) is 22.7 Å². The first kappa shape index (κ1) is 17.4. The highest BCUT2D eigenvalue weighted by atomic mass is 35.5. The number of aromatic nitrogens is 2. The summed E-state index contributed by atoms with van der Waals surface area (Å²) in [6.45, 7) is 0.712. The number of ether oxygens (including phenoxy) is 1. The molecule has 0 saturated heterocycles. The van der Waals surface area contributed by atoms with E-state index in [1.54, 1.807) is 19.2 Å². The van der Waals surface area contributed by atoms with Gasteiger partial charge >= 0.3 is 0 Å². The highest BCUT2D eigenvalue weighted by Gasteiger charge is 2.14. The molecule has 7 heteroatoms. The third kappa shape index (κ3) is 4.15. The Balaban J connectivity index is 1.70. The Morgan fingerprint density at radius 1 is 1.20 bits per heavy atom. The summed E-state index contributed by atoms with van der Waals surface area (Å²) in [4.78, 5) is 6.23. The molecule has 0 bridgehead atoms. The second-order valence-corrected chi connectivity index (χ2v) is 6.02. The first-order valence-electron chi connectivity index (χ1n) is 7.65. The van der Waals surface area contributed by atoms with E-state index in [-0.39, 0.29) is 5.82 Å². The number of hydrogen-bond donors (Lipinski definition) is 0. The summed E-state index contributed by atoms with van der Waals surface area (Å²) in [7, 11) is 3.43. The van der Waals surface area contributed by atoms with E-state index in [4.69, 9.17) is 20.9 Å². The van der Waals surface area contributed by atoms with Crippen LogP contribution in [-0.2, 0) is 13.1 Å². The van der Waals surface area contributed by atoms with Gasteiger partial charge in [-0.05, 0) is 31.3 Å². The number of rotatable bonds is 6. The van der Waals surface area contributed by atoms with Crippen molar-refractivity contribution >= 4 is 11.6 Å². The van der Waals surface area contributed by atoms with Crippen LogP contribution in [0.15, 0.2) is 47.0 Å². The van der Waals surface area contributed by atoms with E-state index >= 15 is 0 Å². The van der Waals surface area contributed by atoms with Gasteiger partial charge in [-0.25, -0.2) is 4.39 Å². The molecule has 1 heterocycles. The molecule has 0 aliphatic rings. The van der Waals surface area contributed by atoms with E-state index in [0.717, 1.165) is 11.3 Å². The first-order valence-corrected chi connectivity index (χ1v) is 8.03. The summed E-state index contributed by atoms with van der Waals surface area (Å²) in [6.07, 6.45) is 0. The maximum Gasteiger partial charge on any atom is 0.241 e. The number of methoxy groups -OCH3 is 1. The van der Waals surface area contributed by atoms with Gasteiger partial charge in [0.1, 0.15) is 11.6 Å². The summed E-state index contributed by atoms with van der Waals surface area (Å²) in [5.74, 6) is 1.30. The molecule has 0 amide bonds. The number of hydrogen-bond acceptors (Lipinski definition) is 5. The quantitative estimate of drug-likeness (QED) is 0.659. The first-order chi connectivity index (χ1) is 12.1. The second-order valence-electron chi connectivity index (χ2n) is 5.62. The van der Waals surface area contributed by atoms with Crippen molar-refractivity contribution in [3.63, 3.8) is 0 Å². The molecule has 0 atom stereocenters. The van der Waals surface area contributed by atoms with E-state index in [2.05, 4.69) is 10.1 Å². The Bertz CT molecular complexity index is 849. The minimum Gasteiger partial charge on any atom is -0.497 e. The fraction of sp³-hybridized carbons (Fsp3) is 0.222. The van der Waals surface area contributed by atoms with Crippen molar-refractivity contribution in [2.24, 2.45) is 0 Å². The SMILES string of the molecule is COc1cccc(-c2noc(CN(C)Cc3c(F)cccc3Cl)n2)c1. The van der Waals surface area contributed by atoms with Gasteiger partial charge < -0.3 is 9.26 Å². The van der Waals surface area contributed by atoms with Crippen LogP contribution in [0.3, 0.4) is 0 Å². The molecule has 3 rings (SSSR count). The predicted octanol–water partition coefficient (Wildman–Crippen LogP) is 4.17. The molecule has 0 aliphatic carbocycles. The van der Waals surface area contributed by atoms with Crippen molar-refractivity contribution in [2.45, 2.75) is 13.1 Å². The Hall–Kier alpha value is -2.44. The summed E-state index contributed by atoms with van der Waals surface area (Å²) in [5, 5.41) is 4.39. The zero-order valence-electron chi connectivity index (χ0n) is 13.9. The molecule has 2 aromatic carbocycles. The Morgan fingerprint density at radius 3 is 2.76 bits per heavy atom. The Labute approximate surface area is 150 Å². The van der Waals surface area contributed by atoms with Crippen LogP contribution in [0.2, 0.25) is 5.02 Å². The molecule has 5 nitrogen and oxygen atoms in total. The molecule has 0 aliphatic heterocycles. The number of halogens is 2. The minimum absolute atomic E-state index is 0.332. The van der Waals surface area contributed by atoms with Crippen LogP contribution < -0.4 is 4.74 Å². The van der Waals surface area contributed by atoms with Crippen LogP contribution in [-0.4, -0.2) is 29.2 Å². The maximum absolute atomic E-state index is 13.9. The number of nitrogens with zero attached hydrogens (tertiary/aromatic N) is 3. The normalized spacial score (nSPS) is 11.1. The monoisotopic (exact) mass is 361 g/mol. The van der Waals surface area contributed by atoms with Gasteiger partial charge in [0.05, 0.1) is 13.7 Å². The fourth-order valence-corrected chi connectivity index (χ4v) is 2.66. The van der Waals surface area contributed by atoms with Gasteiger partial charge in [0.2, 0.25) is 11.7 Å². The van der Waals surface area contributed by atoms with Gasteiger partial charge in [-0.3, -0.25) is 4.90 Å². The van der Waals surface area contributed by atoms with Gasteiger partial charge in [-0.15, -0.1) is 0 Å². The summed E-state index contributed by atoms with van der Waals surface area (Å²) >= 11 is 6.06. The van der Waals surface area contributed by atoms with Crippen LogP contribution >= 0.6 is 11.6 Å². The summed E-state index contributed by atoms with van der Waals surface area (Å²) in [5.41, 5.74) is 1.24. The van der Waals surface area contributed by atoms with Crippen molar-refractivity contribution in [1.29, 1.82) is 0 Å². The molecule has 25 heavy (non-hydrogen) atoms. The third-order valence-electron chi connectivity index (χ3n) is 3.69. The molecule has 3 aromatic rings. The molecule has 0 fully saturated rings. The lowest BCUT2D eigenvalue weighted by molar-refractivity contribution is 0.258. The molecule has 0 spiro atoms. The van der Waals surface area contributed by atoms with Crippen molar-refractivity contribution in [1.82, 2.24) is 15.0 Å². The van der Waals surface area contributed by atoms with E-state index in [1.165, 1.54) is 6.07 Å². The lowest BCUT2D eigenvalue weighted by Gasteiger charge is -2.15. The van der Waals surface area contributed by atoms with E-state index in [1.807, 2.05) is 36.2 Å². The van der Waals surface area contributed by atoms with Crippen molar-refractivity contribution in [3.8, 4) is 17.1 Å². The fourth-order valence-electron chi connectivity index (χ4n) is 2.44. The Morgan fingerprint density at radius 2 is 2.00 bits per heavy atom. The molecule has 0 unspecified atom stereocenters. The van der Waals surface area contributed by atoms with Crippen LogP contribution in [0, 0.1) is 5.82 Å². The smallest absolute Gasteiger partial charge is 0.241 e. The third-order valence-corrected chi connectivity index (χ3v) is 4.05. The molecule has 0 saturated carbocycles. The van der Waals surface area contributed by atoms with E-state index in [9.17, 15) is 4.39 Å². The Kier molecular flexibility index (Phi) is 5.31. The number of benzene rings is 2. The van der Waals surface area contributed by atoms with Crippen LogP contribution in [0.1, 0.15) is 11.5 Å². The van der Waals surface area contributed by atoms with Gasteiger partial charge in [0.25, 0.3) is 0 Å². The lowest BCUT2D eigenvalue weighted by Crippen LogP contribution is -2.18. The zero-order chi connectivity index (χ0) is 17.8. The molecule has 0 N–H and O–H groups in total. The van der Waals surface area contributed by atoms with Crippen LogP contribution in [0.5, 0.6) is 5.75 Å². The van der Waals surface area contributed by atoms with Crippen LogP contribution in [0.4, 0.5) is 4.39 Å². The van der Waals surface area contributed by atoms with Gasteiger partial charge in [-0.2, -0.15) is 4.98 Å². The second kappa shape index (κ2) is 7.63. The maximum atomic E-state index is 13.9. The lowest BCUT2D eigenvalue weighted by atomic mass is 10.2. The van der Waals surface area contributed by atoms with Crippen molar-refractivity contribution in [2.75, 3.05) is 14.2 Å². The van der Waals surface area contributed by atoms with Crippen LogP contribution in [0.25, 0.3) is 11.4 Å². The minimum atomic E-state index is -0.332. The van der Waals surface area contributed by atoms with E-state index in [0.29, 0.717) is 35.4 Å². The average molecular weight is 362 g/mol. The zero-order valence-corrected chi connectivity index (χ0v) is 14.6. The topological polar surface area (TPSA) is 51.4 Å². The highest BCUT2D eigenvalue weighted by Crippen LogP contribution is 2.23. The van der Waals surface area contributed by atoms with E-state index < -0.39 is 0 Å². The molecular weight excluding hydrogens is 345 g/mol. The molecule has 0 radical (unpaired) electrons. The van der Waals surface area contributed by atoms with Gasteiger partial charge in [0.15, 0.2) is 0 Å². The largest absolute Gasteiger partial charge is 0.497 e. The molecule has 1 aromatic heterocycles.